The van der Waals surface area contributed by atoms with Crippen molar-refractivity contribution >= 4 is 17.8 Å². The van der Waals surface area contributed by atoms with Crippen LogP contribution in [0.15, 0.2) is 0 Å². The Morgan fingerprint density at radius 1 is 1.29 bits per heavy atom. The summed E-state index contributed by atoms with van der Waals surface area (Å²) in [5.41, 5.74) is 5.37. The van der Waals surface area contributed by atoms with Crippen LogP contribution >= 0.6 is 0 Å². The van der Waals surface area contributed by atoms with Crippen LogP contribution in [0.4, 0.5) is 0 Å². The molecular formula is C10H18N2O5. The van der Waals surface area contributed by atoms with E-state index in [-0.39, 0.29) is 12.3 Å². The lowest BCUT2D eigenvalue weighted by Gasteiger charge is -2.13. The molecule has 17 heavy (non-hydrogen) atoms. The lowest BCUT2D eigenvalue weighted by atomic mass is 10.1. The molecule has 98 valence electrons. The number of carboxylic acid groups (broad SMARTS) is 2. The zero-order valence-corrected chi connectivity index (χ0v) is 9.68. The predicted molar refractivity (Wildman–Crippen MR) is 59.3 cm³/mol. The third kappa shape index (κ3) is 7.29. The SMILES string of the molecule is CC(CN)CCC(=O)NC(CC(=O)O)C(=O)O. The molecule has 0 saturated carbocycles. The van der Waals surface area contributed by atoms with Gasteiger partial charge in [-0.1, -0.05) is 6.92 Å². The zero-order chi connectivity index (χ0) is 13.4. The fourth-order valence-electron chi connectivity index (χ4n) is 1.14. The highest BCUT2D eigenvalue weighted by Gasteiger charge is 2.22. The summed E-state index contributed by atoms with van der Waals surface area (Å²) in [4.78, 5) is 32.4. The second-order valence-electron chi connectivity index (χ2n) is 3.94. The molecule has 2 atom stereocenters. The summed E-state index contributed by atoms with van der Waals surface area (Å²) in [5, 5.41) is 19.3. The lowest BCUT2D eigenvalue weighted by Crippen LogP contribution is -2.42. The molecule has 0 bridgehead atoms. The van der Waals surface area contributed by atoms with Crippen molar-refractivity contribution in [3.63, 3.8) is 0 Å². The maximum atomic E-state index is 11.4. The number of carbonyl (C=O) groups is 3. The highest BCUT2D eigenvalue weighted by atomic mass is 16.4. The summed E-state index contributed by atoms with van der Waals surface area (Å²) in [6, 6.07) is -1.38. The first kappa shape index (κ1) is 15.4. The number of nitrogens with one attached hydrogen (secondary N) is 1. The Hall–Kier alpha value is -1.63. The van der Waals surface area contributed by atoms with E-state index in [9.17, 15) is 14.4 Å². The minimum atomic E-state index is -1.38. The van der Waals surface area contributed by atoms with Gasteiger partial charge in [-0.3, -0.25) is 9.59 Å². The van der Waals surface area contributed by atoms with Crippen LogP contribution in [0.1, 0.15) is 26.2 Å². The topological polar surface area (TPSA) is 130 Å². The Balaban J connectivity index is 4.13. The second kappa shape index (κ2) is 7.61. The highest BCUT2D eigenvalue weighted by Crippen LogP contribution is 2.03. The first-order valence-corrected chi connectivity index (χ1v) is 5.30. The highest BCUT2D eigenvalue weighted by molar-refractivity contribution is 5.86. The molecule has 0 aromatic rings. The van der Waals surface area contributed by atoms with Crippen molar-refractivity contribution < 1.29 is 24.6 Å². The van der Waals surface area contributed by atoms with Crippen molar-refractivity contribution in [3.8, 4) is 0 Å². The van der Waals surface area contributed by atoms with Gasteiger partial charge in [0.15, 0.2) is 0 Å². The third-order valence-electron chi connectivity index (χ3n) is 2.28. The predicted octanol–water partition coefficient (Wildman–Crippen LogP) is -0.594. The summed E-state index contributed by atoms with van der Waals surface area (Å²) < 4.78 is 0. The van der Waals surface area contributed by atoms with Gasteiger partial charge in [-0.2, -0.15) is 0 Å². The molecule has 0 heterocycles. The van der Waals surface area contributed by atoms with Crippen molar-refractivity contribution in [2.75, 3.05) is 6.54 Å². The van der Waals surface area contributed by atoms with Crippen LogP contribution in [-0.4, -0.2) is 40.6 Å². The lowest BCUT2D eigenvalue weighted by molar-refractivity contribution is -0.147. The van der Waals surface area contributed by atoms with Crippen LogP contribution in [-0.2, 0) is 14.4 Å². The molecule has 0 fully saturated rings. The van der Waals surface area contributed by atoms with Gasteiger partial charge in [-0.15, -0.1) is 0 Å². The molecule has 0 aromatic heterocycles. The van der Waals surface area contributed by atoms with E-state index in [1.165, 1.54) is 0 Å². The van der Waals surface area contributed by atoms with Crippen LogP contribution in [0.25, 0.3) is 0 Å². The van der Waals surface area contributed by atoms with Gasteiger partial charge < -0.3 is 21.3 Å². The summed E-state index contributed by atoms with van der Waals surface area (Å²) in [6.07, 6.45) is 0.0526. The van der Waals surface area contributed by atoms with Crippen LogP contribution in [0.3, 0.4) is 0 Å². The molecule has 7 nitrogen and oxygen atoms in total. The number of aliphatic carboxylic acids is 2. The fourth-order valence-corrected chi connectivity index (χ4v) is 1.14. The number of carboxylic acids is 2. The van der Waals surface area contributed by atoms with Gasteiger partial charge in [-0.05, 0) is 18.9 Å². The molecule has 0 aromatic carbocycles. The van der Waals surface area contributed by atoms with Crippen molar-refractivity contribution in [2.45, 2.75) is 32.2 Å². The van der Waals surface area contributed by atoms with Crippen LogP contribution in [0.2, 0.25) is 0 Å². The Morgan fingerprint density at radius 3 is 2.29 bits per heavy atom. The molecular weight excluding hydrogens is 228 g/mol. The first-order chi connectivity index (χ1) is 7.86. The van der Waals surface area contributed by atoms with Crippen molar-refractivity contribution in [2.24, 2.45) is 11.7 Å². The van der Waals surface area contributed by atoms with Gasteiger partial charge >= 0.3 is 11.9 Å². The summed E-state index contributed by atoms with van der Waals surface area (Å²) in [6.45, 7) is 2.32. The largest absolute Gasteiger partial charge is 0.481 e. The maximum Gasteiger partial charge on any atom is 0.326 e. The average Bonchev–Trinajstić information content (AvgIpc) is 2.24. The molecule has 0 aliphatic rings. The minimum absolute atomic E-state index is 0.141. The van der Waals surface area contributed by atoms with Gasteiger partial charge in [0.1, 0.15) is 6.04 Å². The molecule has 0 saturated heterocycles. The van der Waals surface area contributed by atoms with Gasteiger partial charge in [0, 0.05) is 6.42 Å². The molecule has 0 aliphatic carbocycles. The van der Waals surface area contributed by atoms with E-state index in [1.54, 1.807) is 0 Å². The van der Waals surface area contributed by atoms with Crippen molar-refractivity contribution in [1.29, 1.82) is 0 Å². The Labute approximate surface area is 99.0 Å². The Bertz CT molecular complexity index is 292. The first-order valence-electron chi connectivity index (χ1n) is 5.30. The fraction of sp³-hybridized carbons (Fsp3) is 0.700. The van der Waals surface area contributed by atoms with Crippen LogP contribution in [0, 0.1) is 5.92 Å². The molecule has 2 unspecified atom stereocenters. The van der Waals surface area contributed by atoms with Gasteiger partial charge in [0.25, 0.3) is 0 Å². The van der Waals surface area contributed by atoms with E-state index in [0.29, 0.717) is 13.0 Å². The standard InChI is InChI=1S/C10H18N2O5/c1-6(5-11)2-3-8(13)12-7(10(16)17)4-9(14)15/h6-7H,2-5,11H2,1H3,(H,12,13)(H,14,15)(H,16,17). The van der Waals surface area contributed by atoms with E-state index in [4.69, 9.17) is 15.9 Å². The summed E-state index contributed by atoms with van der Waals surface area (Å²) in [5.74, 6) is -2.93. The molecule has 0 spiro atoms. The van der Waals surface area contributed by atoms with Crippen LogP contribution in [0.5, 0.6) is 0 Å². The normalized spacial score (nSPS) is 13.8. The summed E-state index contributed by atoms with van der Waals surface area (Å²) >= 11 is 0. The van der Waals surface area contributed by atoms with Crippen molar-refractivity contribution in [3.05, 3.63) is 0 Å². The summed E-state index contributed by atoms with van der Waals surface area (Å²) in [7, 11) is 0. The quantitative estimate of drug-likeness (QED) is 0.452. The zero-order valence-electron chi connectivity index (χ0n) is 9.68. The minimum Gasteiger partial charge on any atom is -0.481 e. The maximum absolute atomic E-state index is 11.4. The second-order valence-corrected chi connectivity index (χ2v) is 3.94. The molecule has 7 heteroatoms. The average molecular weight is 246 g/mol. The monoisotopic (exact) mass is 246 g/mol. The van der Waals surface area contributed by atoms with Gasteiger partial charge in [0.2, 0.25) is 5.91 Å². The molecule has 0 radical (unpaired) electrons. The number of nitrogens with two attached hydrogens (primary N) is 1. The number of hydrogen-bond donors (Lipinski definition) is 4. The van der Waals surface area contributed by atoms with E-state index < -0.39 is 30.3 Å². The molecule has 1 amide bonds. The number of rotatable bonds is 8. The van der Waals surface area contributed by atoms with E-state index in [2.05, 4.69) is 5.32 Å². The number of amides is 1. The van der Waals surface area contributed by atoms with Crippen molar-refractivity contribution in [1.82, 2.24) is 5.32 Å². The number of carbonyl (C=O) groups excluding carboxylic acids is 1. The third-order valence-corrected chi connectivity index (χ3v) is 2.28. The van der Waals surface area contributed by atoms with E-state index in [0.717, 1.165) is 0 Å². The Kier molecular flexibility index (Phi) is 6.88. The molecule has 5 N–H and O–H groups in total. The van der Waals surface area contributed by atoms with Crippen LogP contribution < -0.4 is 11.1 Å². The van der Waals surface area contributed by atoms with E-state index in [1.807, 2.05) is 6.92 Å². The van der Waals surface area contributed by atoms with Gasteiger partial charge in [0.05, 0.1) is 6.42 Å². The molecule has 0 rings (SSSR count). The van der Waals surface area contributed by atoms with E-state index >= 15 is 0 Å². The Morgan fingerprint density at radius 2 is 1.88 bits per heavy atom. The smallest absolute Gasteiger partial charge is 0.326 e. The molecule has 0 aliphatic heterocycles. The van der Waals surface area contributed by atoms with Gasteiger partial charge in [-0.25, -0.2) is 4.79 Å². The number of hydrogen-bond acceptors (Lipinski definition) is 4.